The number of halogens is 2. The second-order valence-corrected chi connectivity index (χ2v) is 8.97. The number of amides is 1. The monoisotopic (exact) mass is 393 g/mol. The minimum Gasteiger partial charge on any atom is -0.335 e. The second kappa shape index (κ2) is 7.38. The molecule has 2 aromatic rings. The zero-order chi connectivity index (χ0) is 19.8. The predicted octanol–water partition coefficient (Wildman–Crippen LogP) is 3.52. The number of aryl methyl sites for hydroxylation is 1. The Labute approximate surface area is 157 Å². The van der Waals surface area contributed by atoms with Crippen molar-refractivity contribution >= 4 is 15.7 Å². The molecule has 1 saturated heterocycles. The molecule has 0 spiro atoms. The Hall–Kier alpha value is -2.28. The quantitative estimate of drug-likeness (QED) is 0.799. The summed E-state index contributed by atoms with van der Waals surface area (Å²) in [6.45, 7) is 2.18. The van der Waals surface area contributed by atoms with Crippen molar-refractivity contribution in [1.29, 1.82) is 0 Å². The molecule has 1 heterocycles. The van der Waals surface area contributed by atoms with Gasteiger partial charge in [0, 0.05) is 24.4 Å². The van der Waals surface area contributed by atoms with Crippen LogP contribution < -0.4 is 0 Å². The molecule has 27 heavy (non-hydrogen) atoms. The maximum atomic E-state index is 14.0. The third kappa shape index (κ3) is 4.18. The van der Waals surface area contributed by atoms with Gasteiger partial charge in [0.15, 0.2) is 9.84 Å². The zero-order valence-electron chi connectivity index (χ0n) is 15.2. The molecule has 1 atom stereocenters. The minimum absolute atomic E-state index is 0.125. The van der Waals surface area contributed by atoms with Crippen molar-refractivity contribution in [2.75, 3.05) is 12.8 Å². The molecular formula is C20H21F2NO3S. The lowest BCUT2D eigenvalue weighted by Gasteiger charge is -2.25. The fourth-order valence-electron chi connectivity index (χ4n) is 3.57. The van der Waals surface area contributed by atoms with Crippen LogP contribution in [0, 0.1) is 18.6 Å². The van der Waals surface area contributed by atoms with Crippen LogP contribution in [0.2, 0.25) is 0 Å². The van der Waals surface area contributed by atoms with Crippen LogP contribution >= 0.6 is 0 Å². The van der Waals surface area contributed by atoms with Crippen LogP contribution in [0.1, 0.15) is 34.3 Å². The number of nitrogens with zero attached hydrogens (tertiary/aromatic N) is 1. The molecule has 3 rings (SSSR count). The third-order valence-corrected chi connectivity index (χ3v) is 6.17. The molecule has 4 nitrogen and oxygen atoms in total. The highest BCUT2D eigenvalue weighted by Crippen LogP contribution is 2.26. The van der Waals surface area contributed by atoms with Crippen LogP contribution in [0.5, 0.6) is 0 Å². The van der Waals surface area contributed by atoms with Crippen molar-refractivity contribution in [3.8, 4) is 0 Å². The highest BCUT2D eigenvalue weighted by atomic mass is 32.2. The SMILES string of the molecule is Cc1ccc(C(=O)N2CCCC2Cc2cc(F)ccc2F)cc1S(C)(=O)=O. The lowest BCUT2D eigenvalue weighted by molar-refractivity contribution is 0.0735. The Morgan fingerprint density at radius 1 is 1.19 bits per heavy atom. The van der Waals surface area contributed by atoms with Gasteiger partial charge in [0.1, 0.15) is 11.6 Å². The topological polar surface area (TPSA) is 54.5 Å². The van der Waals surface area contributed by atoms with E-state index in [9.17, 15) is 22.0 Å². The number of sulfone groups is 1. The summed E-state index contributed by atoms with van der Waals surface area (Å²) >= 11 is 0. The molecule has 1 aliphatic heterocycles. The first-order valence-corrected chi connectivity index (χ1v) is 10.6. The third-order valence-electron chi connectivity index (χ3n) is 4.94. The summed E-state index contributed by atoms with van der Waals surface area (Å²) < 4.78 is 51.2. The van der Waals surface area contributed by atoms with E-state index in [-0.39, 0.29) is 34.4 Å². The largest absolute Gasteiger partial charge is 0.335 e. The van der Waals surface area contributed by atoms with Crippen LogP contribution in [0.3, 0.4) is 0 Å². The van der Waals surface area contributed by atoms with Gasteiger partial charge in [0.2, 0.25) is 0 Å². The smallest absolute Gasteiger partial charge is 0.254 e. The van der Waals surface area contributed by atoms with Crippen molar-refractivity contribution < 1.29 is 22.0 Å². The van der Waals surface area contributed by atoms with E-state index in [4.69, 9.17) is 0 Å². The molecule has 0 aromatic heterocycles. The molecule has 1 fully saturated rings. The lowest BCUT2D eigenvalue weighted by atomic mass is 10.0. The van der Waals surface area contributed by atoms with Gasteiger partial charge in [-0.05, 0) is 67.6 Å². The molecule has 144 valence electrons. The summed E-state index contributed by atoms with van der Waals surface area (Å²) in [5.41, 5.74) is 1.10. The standard InChI is InChI=1S/C20H21F2NO3S/c1-13-5-6-14(12-19(13)27(2,25)26)20(24)23-9-3-4-17(23)11-15-10-16(21)7-8-18(15)22/h5-8,10,12,17H,3-4,9,11H2,1-2H3. The minimum atomic E-state index is -3.45. The highest BCUT2D eigenvalue weighted by molar-refractivity contribution is 7.90. The maximum absolute atomic E-state index is 14.0. The number of hydrogen-bond acceptors (Lipinski definition) is 3. The average molecular weight is 393 g/mol. The van der Waals surface area contributed by atoms with Crippen molar-refractivity contribution in [3.63, 3.8) is 0 Å². The first kappa shape index (κ1) is 19.5. The predicted molar refractivity (Wildman–Crippen MR) is 98.4 cm³/mol. The molecule has 0 N–H and O–H groups in total. The Morgan fingerprint density at radius 2 is 1.93 bits per heavy atom. The molecule has 1 amide bonds. The molecular weight excluding hydrogens is 372 g/mol. The number of hydrogen-bond donors (Lipinski definition) is 0. The normalized spacial score (nSPS) is 17.3. The first-order valence-electron chi connectivity index (χ1n) is 8.72. The Bertz CT molecular complexity index is 989. The van der Waals surface area contributed by atoms with E-state index in [1.165, 1.54) is 6.07 Å². The summed E-state index contributed by atoms with van der Waals surface area (Å²) in [5.74, 6) is -1.30. The molecule has 7 heteroatoms. The summed E-state index contributed by atoms with van der Waals surface area (Å²) in [7, 11) is -3.45. The average Bonchev–Trinajstić information content (AvgIpc) is 3.05. The Balaban J connectivity index is 1.87. The van der Waals surface area contributed by atoms with Gasteiger partial charge in [-0.1, -0.05) is 6.07 Å². The van der Waals surface area contributed by atoms with Gasteiger partial charge < -0.3 is 4.90 Å². The summed E-state index contributed by atoms with van der Waals surface area (Å²) in [6, 6.07) is 7.66. The van der Waals surface area contributed by atoms with E-state index in [1.54, 1.807) is 24.0 Å². The van der Waals surface area contributed by atoms with Gasteiger partial charge in [-0.2, -0.15) is 0 Å². The van der Waals surface area contributed by atoms with E-state index in [0.29, 0.717) is 18.5 Å². The fraction of sp³-hybridized carbons (Fsp3) is 0.350. The highest BCUT2D eigenvalue weighted by Gasteiger charge is 2.30. The number of carbonyl (C=O) groups excluding carboxylic acids is 1. The molecule has 0 bridgehead atoms. The van der Waals surface area contributed by atoms with Gasteiger partial charge in [-0.15, -0.1) is 0 Å². The van der Waals surface area contributed by atoms with Crippen molar-refractivity contribution in [1.82, 2.24) is 4.90 Å². The fourth-order valence-corrected chi connectivity index (χ4v) is 4.56. The maximum Gasteiger partial charge on any atom is 0.254 e. The Kier molecular flexibility index (Phi) is 5.33. The zero-order valence-corrected chi connectivity index (χ0v) is 16.0. The van der Waals surface area contributed by atoms with Gasteiger partial charge in [-0.25, -0.2) is 17.2 Å². The van der Waals surface area contributed by atoms with E-state index >= 15 is 0 Å². The first-order chi connectivity index (χ1) is 12.7. The lowest BCUT2D eigenvalue weighted by Crippen LogP contribution is -2.37. The molecule has 1 unspecified atom stereocenters. The molecule has 1 aliphatic rings. The molecule has 2 aromatic carbocycles. The number of likely N-dealkylation sites (tertiary alicyclic amines) is 1. The molecule has 0 radical (unpaired) electrons. The van der Waals surface area contributed by atoms with E-state index in [2.05, 4.69) is 0 Å². The summed E-state index contributed by atoms with van der Waals surface area (Å²) in [6.07, 6.45) is 2.78. The van der Waals surface area contributed by atoms with Crippen LogP contribution in [-0.4, -0.2) is 38.1 Å². The van der Waals surface area contributed by atoms with E-state index in [1.807, 2.05) is 0 Å². The van der Waals surface area contributed by atoms with Crippen LogP contribution in [0.15, 0.2) is 41.3 Å². The van der Waals surface area contributed by atoms with Gasteiger partial charge in [0.05, 0.1) is 4.90 Å². The second-order valence-electron chi connectivity index (χ2n) is 6.99. The Morgan fingerprint density at radius 3 is 2.63 bits per heavy atom. The van der Waals surface area contributed by atoms with Crippen molar-refractivity contribution in [3.05, 3.63) is 64.7 Å². The van der Waals surface area contributed by atoms with Crippen LogP contribution in [-0.2, 0) is 16.3 Å². The summed E-state index contributed by atoms with van der Waals surface area (Å²) in [5, 5.41) is 0. The molecule has 0 aliphatic carbocycles. The summed E-state index contributed by atoms with van der Waals surface area (Å²) in [4.78, 5) is 14.7. The van der Waals surface area contributed by atoms with E-state index in [0.717, 1.165) is 30.9 Å². The van der Waals surface area contributed by atoms with Crippen LogP contribution in [0.4, 0.5) is 8.78 Å². The van der Waals surface area contributed by atoms with Gasteiger partial charge in [-0.3, -0.25) is 4.79 Å². The number of carbonyl (C=O) groups is 1. The van der Waals surface area contributed by atoms with Crippen LogP contribution in [0.25, 0.3) is 0 Å². The van der Waals surface area contributed by atoms with Gasteiger partial charge >= 0.3 is 0 Å². The van der Waals surface area contributed by atoms with Gasteiger partial charge in [0.25, 0.3) is 5.91 Å². The molecule has 0 saturated carbocycles. The van der Waals surface area contributed by atoms with Crippen molar-refractivity contribution in [2.24, 2.45) is 0 Å². The van der Waals surface area contributed by atoms with E-state index < -0.39 is 21.5 Å². The van der Waals surface area contributed by atoms with Crippen molar-refractivity contribution in [2.45, 2.75) is 37.1 Å². The number of benzene rings is 2. The number of rotatable bonds is 4.